The Hall–Kier alpha value is -1.01. The lowest BCUT2D eigenvalue weighted by Crippen LogP contribution is -2.49. The van der Waals surface area contributed by atoms with Crippen molar-refractivity contribution in [3.63, 3.8) is 0 Å². The third-order valence-corrected chi connectivity index (χ3v) is 3.21. The van der Waals surface area contributed by atoms with E-state index in [-0.39, 0.29) is 18.0 Å². The maximum absolute atomic E-state index is 11.7. The third-order valence-electron chi connectivity index (χ3n) is 2.73. The first kappa shape index (κ1) is 10.5. The van der Waals surface area contributed by atoms with Crippen LogP contribution >= 0.6 is 11.7 Å². The van der Waals surface area contributed by atoms with Crippen molar-refractivity contribution in [1.29, 1.82) is 0 Å². The summed E-state index contributed by atoms with van der Waals surface area (Å²) in [6, 6.07) is 0.169. The number of carbonyl (C=O) groups excluding carboxylic acids is 1. The van der Waals surface area contributed by atoms with E-state index in [2.05, 4.69) is 14.1 Å². The number of nitrogens with zero attached hydrogens (tertiary/aromatic N) is 2. The van der Waals surface area contributed by atoms with Gasteiger partial charge in [-0.15, -0.1) is 0 Å². The maximum atomic E-state index is 11.7. The second-order valence-electron chi connectivity index (χ2n) is 3.82. The molecular weight excluding hydrogens is 212 g/mol. The number of hydrogen-bond donors (Lipinski definition) is 2. The van der Waals surface area contributed by atoms with Gasteiger partial charge in [-0.1, -0.05) is 12.8 Å². The summed E-state index contributed by atoms with van der Waals surface area (Å²) < 4.78 is 7.68. The van der Waals surface area contributed by atoms with Crippen molar-refractivity contribution in [2.75, 3.05) is 0 Å². The highest BCUT2D eigenvalue weighted by molar-refractivity contribution is 6.99. The highest BCUT2D eigenvalue weighted by atomic mass is 32.1. The molecule has 1 aromatic rings. The lowest BCUT2D eigenvalue weighted by atomic mass is 9.91. The fourth-order valence-electron chi connectivity index (χ4n) is 1.85. The Balaban J connectivity index is 1.93. The molecule has 0 spiro atoms. The van der Waals surface area contributed by atoms with Crippen molar-refractivity contribution in [3.05, 3.63) is 11.9 Å². The Morgan fingerprint density at radius 3 is 3.00 bits per heavy atom. The lowest BCUT2D eigenvalue weighted by molar-refractivity contribution is 0.0917. The van der Waals surface area contributed by atoms with Crippen LogP contribution < -0.4 is 11.1 Å². The zero-order valence-electron chi connectivity index (χ0n) is 8.35. The van der Waals surface area contributed by atoms with Gasteiger partial charge in [-0.05, 0) is 12.8 Å². The van der Waals surface area contributed by atoms with Crippen molar-refractivity contribution in [3.8, 4) is 0 Å². The number of nitrogens with one attached hydrogen (secondary N) is 1. The molecule has 2 unspecified atom stereocenters. The molecule has 0 bridgehead atoms. The van der Waals surface area contributed by atoms with Crippen LogP contribution in [0.2, 0.25) is 0 Å². The number of rotatable bonds is 2. The lowest BCUT2D eigenvalue weighted by Gasteiger charge is -2.28. The fourth-order valence-corrected chi connectivity index (χ4v) is 2.26. The van der Waals surface area contributed by atoms with Crippen molar-refractivity contribution in [1.82, 2.24) is 14.1 Å². The Kier molecular flexibility index (Phi) is 3.27. The topological polar surface area (TPSA) is 80.9 Å². The van der Waals surface area contributed by atoms with Crippen LogP contribution in [0, 0.1) is 0 Å². The van der Waals surface area contributed by atoms with Crippen LogP contribution in [-0.2, 0) is 0 Å². The summed E-state index contributed by atoms with van der Waals surface area (Å²) in [5, 5.41) is 2.91. The molecule has 0 saturated heterocycles. The van der Waals surface area contributed by atoms with Crippen molar-refractivity contribution in [2.45, 2.75) is 37.8 Å². The predicted octanol–water partition coefficient (Wildman–Crippen LogP) is 0.538. The fraction of sp³-hybridized carbons (Fsp3) is 0.667. The normalized spacial score (nSPS) is 26.2. The third kappa shape index (κ3) is 2.51. The first-order valence-corrected chi connectivity index (χ1v) is 5.84. The van der Waals surface area contributed by atoms with E-state index in [0.29, 0.717) is 5.69 Å². The molecule has 6 heteroatoms. The molecule has 1 amide bonds. The van der Waals surface area contributed by atoms with Gasteiger partial charge in [-0.3, -0.25) is 4.79 Å². The molecule has 1 aliphatic rings. The van der Waals surface area contributed by atoms with Crippen molar-refractivity contribution < 1.29 is 4.79 Å². The largest absolute Gasteiger partial charge is 0.346 e. The van der Waals surface area contributed by atoms with E-state index in [1.54, 1.807) is 0 Å². The van der Waals surface area contributed by atoms with Gasteiger partial charge in [-0.25, -0.2) is 0 Å². The van der Waals surface area contributed by atoms with Gasteiger partial charge in [0, 0.05) is 12.1 Å². The molecule has 0 aromatic carbocycles. The SMILES string of the molecule is NC1CCCCC1NC(=O)c1cnsn1. The van der Waals surface area contributed by atoms with E-state index in [0.717, 1.165) is 37.4 Å². The minimum Gasteiger partial charge on any atom is -0.346 e. The number of aromatic nitrogens is 2. The number of hydrogen-bond acceptors (Lipinski definition) is 5. The van der Waals surface area contributed by atoms with Gasteiger partial charge >= 0.3 is 0 Å². The molecule has 1 heterocycles. The molecule has 0 radical (unpaired) electrons. The number of amides is 1. The summed E-state index contributed by atoms with van der Waals surface area (Å²) in [4.78, 5) is 11.7. The van der Waals surface area contributed by atoms with E-state index in [4.69, 9.17) is 5.73 Å². The maximum Gasteiger partial charge on any atom is 0.272 e. The highest BCUT2D eigenvalue weighted by Crippen LogP contribution is 2.17. The van der Waals surface area contributed by atoms with Gasteiger partial charge in [0.05, 0.1) is 17.9 Å². The van der Waals surface area contributed by atoms with Crippen LogP contribution in [0.3, 0.4) is 0 Å². The van der Waals surface area contributed by atoms with Crippen molar-refractivity contribution in [2.24, 2.45) is 5.73 Å². The molecule has 1 aliphatic carbocycles. The van der Waals surface area contributed by atoms with Gasteiger partial charge in [0.1, 0.15) is 0 Å². The molecular formula is C9H14N4OS. The van der Waals surface area contributed by atoms with Crippen LogP contribution in [0.4, 0.5) is 0 Å². The average Bonchev–Trinajstić information content (AvgIpc) is 2.74. The van der Waals surface area contributed by atoms with Crippen LogP contribution in [-0.4, -0.2) is 26.7 Å². The highest BCUT2D eigenvalue weighted by Gasteiger charge is 2.24. The monoisotopic (exact) mass is 226 g/mol. The molecule has 82 valence electrons. The van der Waals surface area contributed by atoms with Crippen LogP contribution in [0.15, 0.2) is 6.20 Å². The summed E-state index contributed by atoms with van der Waals surface area (Å²) in [6.45, 7) is 0. The van der Waals surface area contributed by atoms with Gasteiger partial charge in [0.25, 0.3) is 5.91 Å². The molecule has 1 fully saturated rings. The second kappa shape index (κ2) is 4.67. The molecule has 15 heavy (non-hydrogen) atoms. The molecule has 1 aromatic heterocycles. The van der Waals surface area contributed by atoms with E-state index in [1.165, 1.54) is 6.20 Å². The van der Waals surface area contributed by atoms with E-state index < -0.39 is 0 Å². The second-order valence-corrected chi connectivity index (χ2v) is 4.38. The van der Waals surface area contributed by atoms with Crippen LogP contribution in [0.1, 0.15) is 36.2 Å². The van der Waals surface area contributed by atoms with Gasteiger partial charge in [0.15, 0.2) is 5.69 Å². The number of nitrogens with two attached hydrogens (primary N) is 1. The predicted molar refractivity (Wildman–Crippen MR) is 57.6 cm³/mol. The van der Waals surface area contributed by atoms with Gasteiger partial charge < -0.3 is 11.1 Å². The minimum absolute atomic E-state index is 0.0781. The van der Waals surface area contributed by atoms with Gasteiger partial charge in [0.2, 0.25) is 0 Å². The Labute approximate surface area is 92.4 Å². The molecule has 3 N–H and O–H groups in total. The summed E-state index contributed by atoms with van der Waals surface area (Å²) in [6.07, 6.45) is 5.72. The Morgan fingerprint density at radius 1 is 1.53 bits per heavy atom. The summed E-state index contributed by atoms with van der Waals surface area (Å²) in [5.41, 5.74) is 6.32. The zero-order chi connectivity index (χ0) is 10.7. The van der Waals surface area contributed by atoms with Crippen molar-refractivity contribution >= 4 is 17.6 Å². The molecule has 1 saturated carbocycles. The number of carbonyl (C=O) groups is 1. The molecule has 2 atom stereocenters. The first-order valence-electron chi connectivity index (χ1n) is 5.11. The smallest absolute Gasteiger partial charge is 0.272 e. The standard InChI is InChI=1S/C9H14N4OS/c10-6-3-1-2-4-7(6)12-9(14)8-5-11-15-13-8/h5-7H,1-4,10H2,(H,12,14). The summed E-state index contributed by atoms with van der Waals surface area (Å²) >= 11 is 1.04. The molecule has 5 nitrogen and oxygen atoms in total. The molecule has 2 rings (SSSR count). The van der Waals surface area contributed by atoms with E-state index in [9.17, 15) is 4.79 Å². The minimum atomic E-state index is -0.161. The average molecular weight is 226 g/mol. The summed E-state index contributed by atoms with van der Waals surface area (Å²) in [5.74, 6) is -0.161. The Morgan fingerprint density at radius 2 is 2.33 bits per heavy atom. The Bertz CT molecular complexity index is 327. The van der Waals surface area contributed by atoms with E-state index in [1.807, 2.05) is 0 Å². The van der Waals surface area contributed by atoms with Crippen LogP contribution in [0.5, 0.6) is 0 Å². The summed E-state index contributed by atoms with van der Waals surface area (Å²) in [7, 11) is 0. The first-order chi connectivity index (χ1) is 7.27. The molecule has 0 aliphatic heterocycles. The zero-order valence-corrected chi connectivity index (χ0v) is 9.17. The quantitative estimate of drug-likeness (QED) is 0.771. The van der Waals surface area contributed by atoms with Gasteiger partial charge in [-0.2, -0.15) is 8.75 Å². The van der Waals surface area contributed by atoms with Crippen LogP contribution in [0.25, 0.3) is 0 Å². The van der Waals surface area contributed by atoms with E-state index >= 15 is 0 Å².